The van der Waals surface area contributed by atoms with Gasteiger partial charge in [-0.3, -0.25) is 10.1 Å². The number of nitro groups is 1. The standard InChI is InChI=1S/C12H16BrN3O2S/c1-19-10-4-2-3-5-15(8-10)12-11(16(17)18)6-9(13)7-14-12/h6-7,10H,2-5,8H2,1H3. The van der Waals surface area contributed by atoms with Crippen LogP contribution in [0.2, 0.25) is 0 Å². The van der Waals surface area contributed by atoms with Gasteiger partial charge in [0, 0.05) is 35.1 Å². The summed E-state index contributed by atoms with van der Waals surface area (Å²) in [6.45, 7) is 1.67. The molecule has 1 unspecified atom stereocenters. The number of rotatable bonds is 3. The summed E-state index contributed by atoms with van der Waals surface area (Å²) in [7, 11) is 0. The Kier molecular flexibility index (Phi) is 5.04. The van der Waals surface area contributed by atoms with Crippen LogP contribution in [-0.2, 0) is 0 Å². The molecule has 5 nitrogen and oxygen atoms in total. The molecule has 1 aliphatic heterocycles. The number of aromatic nitrogens is 1. The summed E-state index contributed by atoms with van der Waals surface area (Å²) in [5.74, 6) is 0.495. The monoisotopic (exact) mass is 345 g/mol. The van der Waals surface area contributed by atoms with Crippen molar-refractivity contribution in [3.05, 3.63) is 26.9 Å². The normalized spacial score (nSPS) is 20.1. The van der Waals surface area contributed by atoms with E-state index in [-0.39, 0.29) is 10.6 Å². The average Bonchev–Trinajstić information content (AvgIpc) is 2.63. The molecule has 0 radical (unpaired) electrons. The molecule has 0 saturated carbocycles. The number of halogens is 1. The maximum Gasteiger partial charge on any atom is 0.312 e. The summed E-state index contributed by atoms with van der Waals surface area (Å²) in [5, 5.41) is 11.7. The van der Waals surface area contributed by atoms with Gasteiger partial charge in [0.05, 0.1) is 4.92 Å². The van der Waals surface area contributed by atoms with E-state index in [2.05, 4.69) is 32.1 Å². The van der Waals surface area contributed by atoms with Gasteiger partial charge >= 0.3 is 5.69 Å². The van der Waals surface area contributed by atoms with Crippen molar-refractivity contribution in [1.82, 2.24) is 4.98 Å². The van der Waals surface area contributed by atoms with Crippen LogP contribution in [0.5, 0.6) is 0 Å². The number of hydrogen-bond donors (Lipinski definition) is 0. The third-order valence-corrected chi connectivity index (χ3v) is 4.76. The predicted molar refractivity (Wildman–Crippen MR) is 82.0 cm³/mol. The molecule has 7 heteroatoms. The Hall–Kier alpha value is -0.820. The van der Waals surface area contributed by atoms with Gasteiger partial charge in [0.25, 0.3) is 0 Å². The molecule has 1 aliphatic rings. The molecule has 0 aromatic carbocycles. The fourth-order valence-corrected chi connectivity index (χ4v) is 3.34. The zero-order valence-corrected chi connectivity index (χ0v) is 13.1. The van der Waals surface area contributed by atoms with E-state index in [9.17, 15) is 10.1 Å². The highest BCUT2D eigenvalue weighted by Crippen LogP contribution is 2.31. The fourth-order valence-electron chi connectivity index (χ4n) is 2.29. The SMILES string of the molecule is CSC1CCCCN(c2ncc(Br)cc2[N+](=O)[O-])C1. The van der Waals surface area contributed by atoms with Crippen molar-refractivity contribution in [1.29, 1.82) is 0 Å². The van der Waals surface area contributed by atoms with E-state index >= 15 is 0 Å². The smallest absolute Gasteiger partial charge is 0.312 e. The molecule has 1 saturated heterocycles. The van der Waals surface area contributed by atoms with Crippen LogP contribution in [-0.4, -0.2) is 34.5 Å². The second-order valence-corrected chi connectivity index (χ2v) is 6.61. The van der Waals surface area contributed by atoms with Gasteiger partial charge in [0.2, 0.25) is 5.82 Å². The van der Waals surface area contributed by atoms with Crippen LogP contribution in [0.4, 0.5) is 11.5 Å². The average molecular weight is 346 g/mol. The number of anilines is 1. The van der Waals surface area contributed by atoms with Crippen LogP contribution in [0.3, 0.4) is 0 Å². The lowest BCUT2D eigenvalue weighted by Crippen LogP contribution is -2.30. The summed E-state index contributed by atoms with van der Waals surface area (Å²) in [6.07, 6.45) is 7.12. The minimum absolute atomic E-state index is 0.0797. The third kappa shape index (κ3) is 3.60. The minimum Gasteiger partial charge on any atom is -0.350 e. The fraction of sp³-hybridized carbons (Fsp3) is 0.583. The molecule has 19 heavy (non-hydrogen) atoms. The molecule has 1 aromatic heterocycles. The maximum absolute atomic E-state index is 11.2. The Bertz CT molecular complexity index is 472. The van der Waals surface area contributed by atoms with E-state index in [1.54, 1.807) is 6.20 Å². The molecule has 1 aromatic rings. The summed E-state index contributed by atoms with van der Waals surface area (Å²) < 4.78 is 0.638. The minimum atomic E-state index is -0.355. The Morgan fingerprint density at radius 2 is 2.37 bits per heavy atom. The van der Waals surface area contributed by atoms with Crippen LogP contribution in [0.15, 0.2) is 16.7 Å². The van der Waals surface area contributed by atoms with Gasteiger partial charge in [-0.25, -0.2) is 4.98 Å². The highest BCUT2D eigenvalue weighted by molar-refractivity contribution is 9.10. The molecule has 0 aliphatic carbocycles. The first-order chi connectivity index (χ1) is 9.11. The highest BCUT2D eigenvalue weighted by Gasteiger charge is 2.25. The molecule has 0 N–H and O–H groups in total. The van der Waals surface area contributed by atoms with E-state index in [1.807, 2.05) is 11.8 Å². The van der Waals surface area contributed by atoms with Gasteiger partial charge < -0.3 is 4.90 Å². The molecular weight excluding hydrogens is 330 g/mol. The largest absolute Gasteiger partial charge is 0.350 e. The zero-order valence-electron chi connectivity index (χ0n) is 10.7. The lowest BCUT2D eigenvalue weighted by molar-refractivity contribution is -0.384. The molecule has 104 valence electrons. The molecule has 2 heterocycles. The van der Waals surface area contributed by atoms with Crippen molar-refractivity contribution in [2.24, 2.45) is 0 Å². The molecule has 0 spiro atoms. The summed E-state index contributed by atoms with van der Waals surface area (Å²) in [6, 6.07) is 1.53. The third-order valence-electron chi connectivity index (χ3n) is 3.27. The Morgan fingerprint density at radius 3 is 3.05 bits per heavy atom. The first kappa shape index (κ1) is 14.6. The number of thioether (sulfide) groups is 1. The highest BCUT2D eigenvalue weighted by atomic mass is 79.9. The molecule has 1 fully saturated rings. The van der Waals surface area contributed by atoms with Gasteiger partial charge in [-0.05, 0) is 35.0 Å². The summed E-state index contributed by atoms with van der Waals surface area (Å²) in [5.41, 5.74) is 0.0797. The second-order valence-electron chi connectivity index (χ2n) is 4.55. The van der Waals surface area contributed by atoms with E-state index in [4.69, 9.17) is 0 Å². The van der Waals surface area contributed by atoms with Crippen molar-refractivity contribution in [3.8, 4) is 0 Å². The lowest BCUT2D eigenvalue weighted by atomic mass is 10.2. The number of nitrogens with zero attached hydrogens (tertiary/aromatic N) is 3. The Labute approximate surface area is 125 Å². The van der Waals surface area contributed by atoms with Crippen molar-refractivity contribution in [2.75, 3.05) is 24.2 Å². The van der Waals surface area contributed by atoms with E-state index in [0.29, 0.717) is 15.5 Å². The van der Waals surface area contributed by atoms with Gasteiger partial charge in [-0.1, -0.05) is 6.42 Å². The Balaban J connectivity index is 2.31. The summed E-state index contributed by atoms with van der Waals surface area (Å²) in [4.78, 5) is 17.1. The molecule has 0 amide bonds. The van der Waals surface area contributed by atoms with Crippen LogP contribution in [0, 0.1) is 10.1 Å². The van der Waals surface area contributed by atoms with Crippen LogP contribution in [0.25, 0.3) is 0 Å². The first-order valence-electron chi connectivity index (χ1n) is 6.19. The van der Waals surface area contributed by atoms with Crippen molar-refractivity contribution < 1.29 is 4.92 Å². The van der Waals surface area contributed by atoms with Crippen LogP contribution in [0.1, 0.15) is 19.3 Å². The van der Waals surface area contributed by atoms with Crippen molar-refractivity contribution in [3.63, 3.8) is 0 Å². The van der Waals surface area contributed by atoms with Gasteiger partial charge in [0.15, 0.2) is 0 Å². The molecule has 0 bridgehead atoms. The van der Waals surface area contributed by atoms with Gasteiger partial charge in [-0.15, -0.1) is 0 Å². The second kappa shape index (κ2) is 6.56. The number of hydrogen-bond acceptors (Lipinski definition) is 5. The maximum atomic E-state index is 11.2. The topological polar surface area (TPSA) is 59.3 Å². The van der Waals surface area contributed by atoms with E-state index in [1.165, 1.54) is 18.9 Å². The van der Waals surface area contributed by atoms with E-state index < -0.39 is 0 Å². The van der Waals surface area contributed by atoms with Crippen LogP contribution >= 0.6 is 27.7 Å². The Morgan fingerprint density at radius 1 is 1.58 bits per heavy atom. The van der Waals surface area contributed by atoms with Crippen molar-refractivity contribution in [2.45, 2.75) is 24.5 Å². The number of pyridine rings is 1. The van der Waals surface area contributed by atoms with E-state index in [0.717, 1.165) is 19.5 Å². The lowest BCUT2D eigenvalue weighted by Gasteiger charge is -2.24. The summed E-state index contributed by atoms with van der Waals surface area (Å²) >= 11 is 5.07. The van der Waals surface area contributed by atoms with Crippen molar-refractivity contribution >= 4 is 39.2 Å². The quantitative estimate of drug-likeness (QED) is 0.620. The molecule has 1 atom stereocenters. The van der Waals surface area contributed by atoms with Crippen LogP contribution < -0.4 is 4.90 Å². The molecule has 2 rings (SSSR count). The first-order valence-corrected chi connectivity index (χ1v) is 8.27. The van der Waals surface area contributed by atoms with Gasteiger partial charge in [-0.2, -0.15) is 11.8 Å². The van der Waals surface area contributed by atoms with Gasteiger partial charge in [0.1, 0.15) is 0 Å². The molecular formula is C12H16BrN3O2S. The zero-order chi connectivity index (χ0) is 13.8. The predicted octanol–water partition coefficient (Wildman–Crippen LogP) is 3.47.